The predicted molar refractivity (Wildman–Crippen MR) is 73.5 cm³/mol. The summed E-state index contributed by atoms with van der Waals surface area (Å²) in [6, 6.07) is 5.56. The van der Waals surface area contributed by atoms with Gasteiger partial charge in [-0.05, 0) is 29.3 Å². The fraction of sp³-hybridized carbons (Fsp3) is 0.250. The normalized spacial score (nSPS) is 13.1. The lowest BCUT2D eigenvalue weighted by Gasteiger charge is -2.18. The number of fused-ring (bicyclic) bond motifs is 1. The molecule has 0 unspecified atom stereocenters. The van der Waals surface area contributed by atoms with Crippen molar-refractivity contribution in [2.24, 2.45) is 0 Å². The summed E-state index contributed by atoms with van der Waals surface area (Å²) in [6.07, 6.45) is 0. The lowest BCUT2D eigenvalue weighted by atomic mass is 10.2. The Labute approximate surface area is 123 Å². The minimum Gasteiger partial charge on any atom is -0.486 e. The molecule has 6 nitrogen and oxygen atoms in total. The van der Waals surface area contributed by atoms with Crippen molar-refractivity contribution in [3.05, 3.63) is 33.2 Å². The van der Waals surface area contributed by atoms with Gasteiger partial charge < -0.3 is 14.8 Å². The fourth-order valence-electron chi connectivity index (χ4n) is 1.75. The van der Waals surface area contributed by atoms with Crippen LogP contribution in [0.15, 0.2) is 18.2 Å². The maximum absolute atomic E-state index is 11.8. The SMILES string of the molecule is O=C(NCc1ccc2c(c1)OCCO2)c1nnc(Cl)s1. The Kier molecular flexibility index (Phi) is 3.70. The molecule has 2 heterocycles. The van der Waals surface area contributed by atoms with Crippen LogP contribution < -0.4 is 14.8 Å². The monoisotopic (exact) mass is 311 g/mol. The van der Waals surface area contributed by atoms with Crippen LogP contribution in [-0.4, -0.2) is 29.3 Å². The number of aromatic nitrogens is 2. The molecular weight excluding hydrogens is 302 g/mol. The van der Waals surface area contributed by atoms with Crippen LogP contribution in [-0.2, 0) is 6.54 Å². The summed E-state index contributed by atoms with van der Waals surface area (Å²) in [6.45, 7) is 1.46. The number of nitrogens with one attached hydrogen (secondary N) is 1. The van der Waals surface area contributed by atoms with Gasteiger partial charge in [-0.2, -0.15) is 0 Å². The van der Waals surface area contributed by atoms with Crippen molar-refractivity contribution in [1.82, 2.24) is 15.5 Å². The van der Waals surface area contributed by atoms with E-state index in [2.05, 4.69) is 15.5 Å². The Morgan fingerprint density at radius 2 is 2.10 bits per heavy atom. The van der Waals surface area contributed by atoms with Gasteiger partial charge in [0.25, 0.3) is 5.91 Å². The van der Waals surface area contributed by atoms with Gasteiger partial charge in [-0.25, -0.2) is 0 Å². The average Bonchev–Trinajstić information content (AvgIpc) is 2.91. The Balaban J connectivity index is 1.65. The minimum absolute atomic E-state index is 0.243. The third kappa shape index (κ3) is 2.83. The van der Waals surface area contributed by atoms with Gasteiger partial charge in [0.05, 0.1) is 0 Å². The molecule has 0 saturated carbocycles. The average molecular weight is 312 g/mol. The van der Waals surface area contributed by atoms with Crippen molar-refractivity contribution in [2.75, 3.05) is 13.2 Å². The first-order valence-electron chi connectivity index (χ1n) is 5.88. The maximum Gasteiger partial charge on any atom is 0.282 e. The zero-order chi connectivity index (χ0) is 13.9. The van der Waals surface area contributed by atoms with Crippen molar-refractivity contribution >= 4 is 28.8 Å². The van der Waals surface area contributed by atoms with E-state index >= 15 is 0 Å². The maximum atomic E-state index is 11.8. The summed E-state index contributed by atoms with van der Waals surface area (Å²) in [5, 5.41) is 10.3. The number of carbonyl (C=O) groups excluding carboxylic acids is 1. The molecule has 0 fully saturated rings. The molecule has 8 heteroatoms. The molecule has 1 aromatic carbocycles. The van der Waals surface area contributed by atoms with Crippen LogP contribution in [0.4, 0.5) is 0 Å². The third-order valence-corrected chi connectivity index (χ3v) is 3.67. The second-order valence-electron chi connectivity index (χ2n) is 4.02. The molecular formula is C12H10ClN3O3S. The largest absolute Gasteiger partial charge is 0.486 e. The number of ether oxygens (including phenoxy) is 2. The molecule has 0 spiro atoms. The summed E-state index contributed by atoms with van der Waals surface area (Å²) < 4.78 is 11.2. The first kappa shape index (κ1) is 13.1. The van der Waals surface area contributed by atoms with E-state index in [0.29, 0.717) is 25.5 Å². The summed E-state index contributed by atoms with van der Waals surface area (Å²) in [7, 11) is 0. The molecule has 0 aliphatic carbocycles. The molecule has 3 rings (SSSR count). The highest BCUT2D eigenvalue weighted by molar-refractivity contribution is 7.17. The second kappa shape index (κ2) is 5.64. The highest BCUT2D eigenvalue weighted by atomic mass is 35.5. The lowest BCUT2D eigenvalue weighted by Crippen LogP contribution is -2.23. The van der Waals surface area contributed by atoms with Crippen LogP contribution >= 0.6 is 22.9 Å². The van der Waals surface area contributed by atoms with E-state index in [1.165, 1.54) is 0 Å². The number of rotatable bonds is 3. The van der Waals surface area contributed by atoms with Gasteiger partial charge in [0.15, 0.2) is 11.5 Å². The smallest absolute Gasteiger partial charge is 0.282 e. The molecule has 1 aliphatic rings. The van der Waals surface area contributed by atoms with E-state index in [4.69, 9.17) is 21.1 Å². The lowest BCUT2D eigenvalue weighted by molar-refractivity contribution is 0.0949. The van der Waals surface area contributed by atoms with Gasteiger partial charge in [0, 0.05) is 6.54 Å². The fourth-order valence-corrected chi connectivity index (χ4v) is 2.50. The van der Waals surface area contributed by atoms with Gasteiger partial charge >= 0.3 is 0 Å². The predicted octanol–water partition coefficient (Wildman–Crippen LogP) is 1.89. The molecule has 1 amide bonds. The number of halogens is 1. The van der Waals surface area contributed by atoms with Gasteiger partial charge in [0.1, 0.15) is 13.2 Å². The van der Waals surface area contributed by atoms with Crippen LogP contribution in [0.1, 0.15) is 15.4 Å². The summed E-state index contributed by atoms with van der Waals surface area (Å²) >= 11 is 6.68. The Morgan fingerprint density at radius 1 is 1.30 bits per heavy atom. The van der Waals surface area contributed by atoms with E-state index in [-0.39, 0.29) is 15.4 Å². The topological polar surface area (TPSA) is 73.3 Å². The van der Waals surface area contributed by atoms with E-state index in [0.717, 1.165) is 22.6 Å². The van der Waals surface area contributed by atoms with E-state index in [1.807, 2.05) is 18.2 Å². The highest BCUT2D eigenvalue weighted by Crippen LogP contribution is 2.30. The van der Waals surface area contributed by atoms with Gasteiger partial charge in [0.2, 0.25) is 9.47 Å². The summed E-state index contributed by atoms with van der Waals surface area (Å²) in [5.74, 6) is 1.12. The standard InChI is InChI=1S/C12H10ClN3O3S/c13-12-16-15-11(20-12)10(17)14-6-7-1-2-8-9(5-7)19-4-3-18-8/h1-2,5H,3-4,6H2,(H,14,17). The molecule has 1 aliphatic heterocycles. The van der Waals surface area contributed by atoms with E-state index in [9.17, 15) is 4.79 Å². The third-order valence-electron chi connectivity index (χ3n) is 2.65. The highest BCUT2D eigenvalue weighted by Gasteiger charge is 2.14. The summed E-state index contributed by atoms with van der Waals surface area (Å²) in [5.41, 5.74) is 0.915. The molecule has 0 atom stereocenters. The van der Waals surface area contributed by atoms with Crippen LogP contribution in [0.25, 0.3) is 0 Å². The first-order chi connectivity index (χ1) is 9.72. The Bertz CT molecular complexity index is 647. The van der Waals surface area contributed by atoms with Crippen molar-refractivity contribution in [1.29, 1.82) is 0 Å². The minimum atomic E-state index is -0.302. The molecule has 2 aromatic rings. The molecule has 0 bridgehead atoms. The molecule has 1 N–H and O–H groups in total. The van der Waals surface area contributed by atoms with Gasteiger partial charge in [-0.3, -0.25) is 4.79 Å². The zero-order valence-corrected chi connectivity index (χ0v) is 11.8. The van der Waals surface area contributed by atoms with E-state index < -0.39 is 0 Å². The Hall–Kier alpha value is -1.86. The van der Waals surface area contributed by atoms with Crippen LogP contribution in [0.5, 0.6) is 11.5 Å². The number of hydrogen-bond acceptors (Lipinski definition) is 6. The first-order valence-corrected chi connectivity index (χ1v) is 7.07. The van der Waals surface area contributed by atoms with Crippen molar-refractivity contribution in [2.45, 2.75) is 6.54 Å². The van der Waals surface area contributed by atoms with Crippen molar-refractivity contribution < 1.29 is 14.3 Å². The van der Waals surface area contributed by atoms with E-state index in [1.54, 1.807) is 0 Å². The van der Waals surface area contributed by atoms with Crippen LogP contribution in [0.2, 0.25) is 4.47 Å². The van der Waals surface area contributed by atoms with Crippen molar-refractivity contribution in [3.8, 4) is 11.5 Å². The number of hydrogen-bond donors (Lipinski definition) is 1. The van der Waals surface area contributed by atoms with Crippen LogP contribution in [0, 0.1) is 0 Å². The second-order valence-corrected chi connectivity index (χ2v) is 5.58. The molecule has 20 heavy (non-hydrogen) atoms. The van der Waals surface area contributed by atoms with Gasteiger partial charge in [-0.15, -0.1) is 10.2 Å². The van der Waals surface area contributed by atoms with Crippen LogP contribution in [0.3, 0.4) is 0 Å². The number of carbonyl (C=O) groups is 1. The quantitative estimate of drug-likeness (QED) is 0.937. The molecule has 0 saturated heterocycles. The molecule has 0 radical (unpaired) electrons. The van der Waals surface area contributed by atoms with Crippen molar-refractivity contribution in [3.63, 3.8) is 0 Å². The molecule has 1 aromatic heterocycles. The number of benzene rings is 1. The number of amides is 1. The Morgan fingerprint density at radius 3 is 2.85 bits per heavy atom. The molecule has 104 valence electrons. The van der Waals surface area contributed by atoms with Gasteiger partial charge in [-0.1, -0.05) is 17.4 Å². The summed E-state index contributed by atoms with van der Waals surface area (Å²) in [4.78, 5) is 11.8. The zero-order valence-electron chi connectivity index (χ0n) is 10.3. The number of nitrogens with zero attached hydrogens (tertiary/aromatic N) is 2.